The van der Waals surface area contributed by atoms with Gasteiger partial charge in [-0.05, 0) is 17.2 Å². The van der Waals surface area contributed by atoms with Crippen LogP contribution in [0.15, 0.2) is 48.5 Å². The van der Waals surface area contributed by atoms with Crippen molar-refractivity contribution in [3.63, 3.8) is 0 Å². The summed E-state index contributed by atoms with van der Waals surface area (Å²) in [5.41, 5.74) is 2.20. The molecule has 0 bridgehead atoms. The maximum atomic E-state index is 13.4. The van der Waals surface area contributed by atoms with E-state index in [9.17, 15) is 9.18 Å². The number of carboxylic acid groups (broad SMARTS) is 1. The molecule has 0 radical (unpaired) electrons. The van der Waals surface area contributed by atoms with Crippen molar-refractivity contribution in [3.05, 3.63) is 71.0 Å². The summed E-state index contributed by atoms with van der Waals surface area (Å²) in [5.74, 6) is -1.13. The van der Waals surface area contributed by atoms with E-state index in [4.69, 9.17) is 9.84 Å². The Hall–Kier alpha value is -2.20. The quantitative estimate of drug-likeness (QED) is 0.880. The minimum atomic E-state index is -0.853. The summed E-state index contributed by atoms with van der Waals surface area (Å²) in [4.78, 5) is 10.6. The number of carbonyl (C=O) groups is 1. The highest BCUT2D eigenvalue weighted by molar-refractivity contribution is 5.70. The van der Waals surface area contributed by atoms with Gasteiger partial charge in [0.05, 0.1) is 19.6 Å². The van der Waals surface area contributed by atoms with Crippen LogP contribution in [0, 0.1) is 5.82 Å². The van der Waals surface area contributed by atoms with Gasteiger partial charge in [0.1, 0.15) is 5.82 Å². The first kappa shape index (κ1) is 14.2. The molecule has 104 valence electrons. The van der Waals surface area contributed by atoms with Crippen LogP contribution in [0.1, 0.15) is 16.7 Å². The third-order valence-electron chi connectivity index (χ3n) is 2.86. The maximum absolute atomic E-state index is 13.4. The molecule has 1 N–H and O–H groups in total. The zero-order valence-electron chi connectivity index (χ0n) is 10.9. The van der Waals surface area contributed by atoms with Crippen molar-refractivity contribution < 1.29 is 19.0 Å². The normalized spacial score (nSPS) is 10.4. The van der Waals surface area contributed by atoms with E-state index in [2.05, 4.69) is 0 Å². The van der Waals surface area contributed by atoms with Crippen molar-refractivity contribution in [3.8, 4) is 0 Å². The van der Waals surface area contributed by atoms with Gasteiger partial charge in [0.2, 0.25) is 0 Å². The Morgan fingerprint density at radius 3 is 2.30 bits per heavy atom. The molecule has 2 aromatic rings. The fourth-order valence-electron chi connectivity index (χ4n) is 1.82. The first-order valence-electron chi connectivity index (χ1n) is 6.26. The predicted molar refractivity (Wildman–Crippen MR) is 72.7 cm³/mol. The molecule has 0 aliphatic rings. The number of benzene rings is 2. The van der Waals surface area contributed by atoms with Crippen molar-refractivity contribution >= 4 is 5.97 Å². The van der Waals surface area contributed by atoms with E-state index in [1.54, 1.807) is 30.3 Å². The molecule has 0 aromatic heterocycles. The van der Waals surface area contributed by atoms with Gasteiger partial charge in [-0.15, -0.1) is 0 Å². The lowest BCUT2D eigenvalue weighted by atomic mass is 10.1. The van der Waals surface area contributed by atoms with E-state index >= 15 is 0 Å². The van der Waals surface area contributed by atoms with Gasteiger partial charge < -0.3 is 9.84 Å². The minimum Gasteiger partial charge on any atom is -0.481 e. The maximum Gasteiger partial charge on any atom is 0.307 e. The molecule has 0 aliphatic carbocycles. The molecule has 4 heteroatoms. The van der Waals surface area contributed by atoms with Gasteiger partial charge in [-0.1, -0.05) is 42.5 Å². The number of ether oxygens (including phenoxy) is 1. The standard InChI is InChI=1S/C16H15FO3/c17-15-4-2-1-3-14(15)11-20-10-13-7-5-12(6-8-13)9-16(18)19/h1-8H,9-11H2,(H,18,19). The third kappa shape index (κ3) is 4.17. The Kier molecular flexibility index (Phi) is 4.85. The summed E-state index contributed by atoms with van der Waals surface area (Å²) in [7, 11) is 0. The molecule has 20 heavy (non-hydrogen) atoms. The zero-order chi connectivity index (χ0) is 14.4. The molecule has 2 aromatic carbocycles. The molecule has 0 aliphatic heterocycles. The van der Waals surface area contributed by atoms with Crippen LogP contribution in [-0.4, -0.2) is 11.1 Å². The molecule has 0 spiro atoms. The van der Waals surface area contributed by atoms with Crippen LogP contribution in [0.2, 0.25) is 0 Å². The Morgan fingerprint density at radius 1 is 1.00 bits per heavy atom. The molecule has 2 rings (SSSR count). The highest BCUT2D eigenvalue weighted by Crippen LogP contribution is 2.11. The van der Waals surface area contributed by atoms with E-state index in [1.807, 2.05) is 12.1 Å². The SMILES string of the molecule is O=C(O)Cc1ccc(COCc2ccccc2F)cc1. The van der Waals surface area contributed by atoms with E-state index in [0.29, 0.717) is 12.2 Å². The van der Waals surface area contributed by atoms with Crippen LogP contribution in [0.3, 0.4) is 0 Å². The van der Waals surface area contributed by atoms with Crippen LogP contribution in [-0.2, 0) is 29.2 Å². The Balaban J connectivity index is 1.85. The Morgan fingerprint density at radius 2 is 1.65 bits per heavy atom. The summed E-state index contributed by atoms with van der Waals surface area (Å²) in [5, 5.41) is 8.67. The highest BCUT2D eigenvalue weighted by Gasteiger charge is 2.02. The van der Waals surface area contributed by atoms with Gasteiger partial charge in [-0.3, -0.25) is 4.79 Å². The third-order valence-corrected chi connectivity index (χ3v) is 2.86. The number of halogens is 1. The van der Waals surface area contributed by atoms with Gasteiger partial charge in [0.25, 0.3) is 0 Å². The Labute approximate surface area is 116 Å². The van der Waals surface area contributed by atoms with E-state index in [0.717, 1.165) is 11.1 Å². The van der Waals surface area contributed by atoms with Gasteiger partial charge in [-0.2, -0.15) is 0 Å². The van der Waals surface area contributed by atoms with Crippen molar-refractivity contribution in [1.82, 2.24) is 0 Å². The van der Waals surface area contributed by atoms with E-state index in [1.165, 1.54) is 6.07 Å². The Bertz CT molecular complexity index is 579. The molecule has 0 unspecified atom stereocenters. The van der Waals surface area contributed by atoms with Gasteiger partial charge in [0.15, 0.2) is 0 Å². The highest BCUT2D eigenvalue weighted by atomic mass is 19.1. The van der Waals surface area contributed by atoms with E-state index in [-0.39, 0.29) is 18.8 Å². The number of carboxylic acids is 1. The largest absolute Gasteiger partial charge is 0.481 e. The summed E-state index contributed by atoms with van der Waals surface area (Å²) in [6, 6.07) is 13.7. The van der Waals surface area contributed by atoms with Crippen molar-refractivity contribution in [1.29, 1.82) is 0 Å². The second kappa shape index (κ2) is 6.82. The number of hydrogen-bond acceptors (Lipinski definition) is 2. The molecule has 3 nitrogen and oxygen atoms in total. The van der Waals surface area contributed by atoms with Gasteiger partial charge in [-0.25, -0.2) is 4.39 Å². The van der Waals surface area contributed by atoms with Crippen LogP contribution in [0.25, 0.3) is 0 Å². The summed E-state index contributed by atoms with van der Waals surface area (Å²) >= 11 is 0. The lowest BCUT2D eigenvalue weighted by Gasteiger charge is -2.06. The average Bonchev–Trinajstić information content (AvgIpc) is 2.42. The lowest BCUT2D eigenvalue weighted by Crippen LogP contribution is -2.00. The first-order chi connectivity index (χ1) is 9.65. The first-order valence-corrected chi connectivity index (χ1v) is 6.26. The zero-order valence-corrected chi connectivity index (χ0v) is 10.9. The van der Waals surface area contributed by atoms with E-state index < -0.39 is 5.97 Å². The van der Waals surface area contributed by atoms with Crippen LogP contribution < -0.4 is 0 Å². The van der Waals surface area contributed by atoms with Crippen LogP contribution in [0.5, 0.6) is 0 Å². The number of hydrogen-bond donors (Lipinski definition) is 1. The average molecular weight is 274 g/mol. The number of aliphatic carboxylic acids is 1. The predicted octanol–water partition coefficient (Wildman–Crippen LogP) is 3.17. The summed E-state index contributed by atoms with van der Waals surface area (Å²) in [6.45, 7) is 0.575. The smallest absolute Gasteiger partial charge is 0.307 e. The fourth-order valence-corrected chi connectivity index (χ4v) is 1.82. The lowest BCUT2D eigenvalue weighted by molar-refractivity contribution is -0.136. The fraction of sp³-hybridized carbons (Fsp3) is 0.188. The molecule has 0 saturated heterocycles. The molecule has 0 heterocycles. The monoisotopic (exact) mass is 274 g/mol. The topological polar surface area (TPSA) is 46.5 Å². The molecular weight excluding hydrogens is 259 g/mol. The minimum absolute atomic E-state index is 0.0103. The van der Waals surface area contributed by atoms with Crippen molar-refractivity contribution in [2.24, 2.45) is 0 Å². The molecule has 0 fully saturated rings. The summed E-state index contributed by atoms with van der Waals surface area (Å²) in [6.07, 6.45) is 0.0103. The van der Waals surface area contributed by atoms with Gasteiger partial charge >= 0.3 is 5.97 Å². The molecule has 0 atom stereocenters. The summed E-state index contributed by atoms with van der Waals surface area (Å²) < 4.78 is 18.8. The van der Waals surface area contributed by atoms with Crippen molar-refractivity contribution in [2.75, 3.05) is 0 Å². The molecule has 0 saturated carbocycles. The molecule has 0 amide bonds. The molecular formula is C16H15FO3. The van der Waals surface area contributed by atoms with Crippen LogP contribution in [0.4, 0.5) is 4.39 Å². The second-order valence-electron chi connectivity index (χ2n) is 4.47. The van der Waals surface area contributed by atoms with Gasteiger partial charge in [0, 0.05) is 5.56 Å². The number of rotatable bonds is 6. The van der Waals surface area contributed by atoms with Crippen LogP contribution >= 0.6 is 0 Å². The second-order valence-corrected chi connectivity index (χ2v) is 4.47. The van der Waals surface area contributed by atoms with Crippen molar-refractivity contribution in [2.45, 2.75) is 19.6 Å².